The van der Waals surface area contributed by atoms with Crippen LogP contribution in [0.15, 0.2) is 18.2 Å². The average molecular weight is 221 g/mol. The smallest absolute Gasteiger partial charge is 0.161 e. The maximum absolute atomic E-state index is 5.63. The van der Waals surface area contributed by atoms with Crippen LogP contribution in [-0.2, 0) is 4.74 Å². The van der Waals surface area contributed by atoms with Crippen LogP contribution in [0.4, 0.5) is 0 Å². The van der Waals surface area contributed by atoms with Crippen molar-refractivity contribution in [2.45, 2.75) is 19.2 Å². The lowest BCUT2D eigenvalue weighted by atomic mass is 10.1. The molecule has 2 unspecified atom stereocenters. The molecule has 4 nitrogen and oxygen atoms in total. The van der Waals surface area contributed by atoms with Crippen LogP contribution >= 0.6 is 0 Å². The second kappa shape index (κ2) is 3.96. The Hall–Kier alpha value is -1.26. The van der Waals surface area contributed by atoms with E-state index in [4.69, 9.17) is 14.2 Å². The standard InChI is InChI=1S/C12H15NO3/c1-8-7-16-12(13-8)9-2-3-10-11(6-9)15-5-4-14-10/h2-3,6,8,12-13H,4-5,7H2,1H3. The number of fused-ring (bicyclic) bond motifs is 1. The van der Waals surface area contributed by atoms with E-state index in [-0.39, 0.29) is 6.23 Å². The van der Waals surface area contributed by atoms with Gasteiger partial charge in [0.2, 0.25) is 0 Å². The molecule has 16 heavy (non-hydrogen) atoms. The third kappa shape index (κ3) is 1.74. The molecule has 1 N–H and O–H groups in total. The molecule has 86 valence electrons. The number of rotatable bonds is 1. The van der Waals surface area contributed by atoms with Crippen molar-refractivity contribution in [2.75, 3.05) is 19.8 Å². The second-order valence-electron chi connectivity index (χ2n) is 4.18. The van der Waals surface area contributed by atoms with E-state index in [2.05, 4.69) is 12.2 Å². The number of nitrogens with one attached hydrogen (secondary N) is 1. The second-order valence-corrected chi connectivity index (χ2v) is 4.18. The van der Waals surface area contributed by atoms with Gasteiger partial charge in [-0.2, -0.15) is 0 Å². The Morgan fingerprint density at radius 3 is 2.75 bits per heavy atom. The highest BCUT2D eigenvalue weighted by Crippen LogP contribution is 2.33. The number of hydrogen-bond acceptors (Lipinski definition) is 4. The fourth-order valence-corrected chi connectivity index (χ4v) is 2.01. The fraction of sp³-hybridized carbons (Fsp3) is 0.500. The largest absolute Gasteiger partial charge is 0.486 e. The van der Waals surface area contributed by atoms with Crippen molar-refractivity contribution < 1.29 is 14.2 Å². The van der Waals surface area contributed by atoms with Crippen LogP contribution in [0, 0.1) is 0 Å². The van der Waals surface area contributed by atoms with Crippen molar-refractivity contribution >= 4 is 0 Å². The number of ether oxygens (including phenoxy) is 3. The molecule has 0 radical (unpaired) electrons. The van der Waals surface area contributed by atoms with Crippen LogP contribution in [0.5, 0.6) is 11.5 Å². The minimum atomic E-state index is -0.0224. The van der Waals surface area contributed by atoms with Crippen LogP contribution in [0.25, 0.3) is 0 Å². The zero-order valence-corrected chi connectivity index (χ0v) is 9.23. The summed E-state index contributed by atoms with van der Waals surface area (Å²) in [4.78, 5) is 0. The summed E-state index contributed by atoms with van der Waals surface area (Å²) in [6, 6.07) is 6.35. The molecule has 2 heterocycles. The first-order chi connectivity index (χ1) is 7.83. The van der Waals surface area contributed by atoms with Gasteiger partial charge in [0.05, 0.1) is 6.61 Å². The van der Waals surface area contributed by atoms with E-state index in [0.717, 1.165) is 23.7 Å². The molecule has 3 rings (SSSR count). The Bertz CT molecular complexity index is 394. The van der Waals surface area contributed by atoms with E-state index in [9.17, 15) is 0 Å². The maximum atomic E-state index is 5.63. The highest BCUT2D eigenvalue weighted by molar-refractivity contribution is 5.44. The number of benzene rings is 1. The molecule has 1 fully saturated rings. The van der Waals surface area contributed by atoms with Gasteiger partial charge in [-0.3, -0.25) is 5.32 Å². The van der Waals surface area contributed by atoms with Gasteiger partial charge in [0.15, 0.2) is 11.5 Å². The van der Waals surface area contributed by atoms with Gasteiger partial charge in [-0.15, -0.1) is 0 Å². The molecule has 2 atom stereocenters. The molecule has 4 heteroatoms. The molecule has 1 saturated heterocycles. The zero-order chi connectivity index (χ0) is 11.0. The van der Waals surface area contributed by atoms with Crippen LogP contribution in [-0.4, -0.2) is 25.9 Å². The molecular formula is C12H15NO3. The van der Waals surface area contributed by atoms with Gasteiger partial charge in [-0.25, -0.2) is 0 Å². The predicted molar refractivity (Wildman–Crippen MR) is 58.7 cm³/mol. The Kier molecular flexibility index (Phi) is 2.46. The molecule has 0 saturated carbocycles. The van der Waals surface area contributed by atoms with Crippen molar-refractivity contribution in [3.63, 3.8) is 0 Å². The molecule has 0 spiro atoms. The van der Waals surface area contributed by atoms with Gasteiger partial charge in [0, 0.05) is 6.04 Å². The third-order valence-corrected chi connectivity index (χ3v) is 2.82. The highest BCUT2D eigenvalue weighted by atomic mass is 16.6. The average Bonchev–Trinajstić information content (AvgIpc) is 2.75. The quantitative estimate of drug-likeness (QED) is 0.779. The molecule has 1 aromatic rings. The molecule has 1 aromatic carbocycles. The Labute approximate surface area is 94.5 Å². The zero-order valence-electron chi connectivity index (χ0n) is 9.23. The topological polar surface area (TPSA) is 39.7 Å². The summed E-state index contributed by atoms with van der Waals surface area (Å²) < 4.78 is 16.7. The van der Waals surface area contributed by atoms with Crippen LogP contribution in [0.3, 0.4) is 0 Å². The van der Waals surface area contributed by atoms with E-state index >= 15 is 0 Å². The third-order valence-electron chi connectivity index (χ3n) is 2.82. The minimum absolute atomic E-state index is 0.0224. The molecule has 0 aliphatic carbocycles. The molecule has 0 amide bonds. The van der Waals surface area contributed by atoms with E-state index in [0.29, 0.717) is 19.3 Å². The summed E-state index contributed by atoms with van der Waals surface area (Å²) >= 11 is 0. The van der Waals surface area contributed by atoms with Gasteiger partial charge in [0.1, 0.15) is 19.4 Å². The van der Waals surface area contributed by atoms with E-state index in [1.165, 1.54) is 0 Å². The first-order valence-electron chi connectivity index (χ1n) is 5.60. The molecule has 0 aromatic heterocycles. The van der Waals surface area contributed by atoms with Crippen molar-refractivity contribution in [1.29, 1.82) is 0 Å². The van der Waals surface area contributed by atoms with E-state index in [1.54, 1.807) is 0 Å². The lowest BCUT2D eigenvalue weighted by molar-refractivity contribution is 0.1000. The Morgan fingerprint density at radius 2 is 2.00 bits per heavy atom. The summed E-state index contributed by atoms with van der Waals surface area (Å²) in [5, 5.41) is 3.36. The minimum Gasteiger partial charge on any atom is -0.486 e. The van der Waals surface area contributed by atoms with Gasteiger partial charge >= 0.3 is 0 Å². The first-order valence-corrected chi connectivity index (χ1v) is 5.60. The summed E-state index contributed by atoms with van der Waals surface area (Å²) in [5.41, 5.74) is 1.09. The SMILES string of the molecule is CC1COC(c2ccc3c(c2)OCCO3)N1. The molecule has 2 aliphatic heterocycles. The fourth-order valence-electron chi connectivity index (χ4n) is 2.01. The van der Waals surface area contributed by atoms with E-state index in [1.807, 2.05) is 18.2 Å². The number of hydrogen-bond donors (Lipinski definition) is 1. The summed E-state index contributed by atoms with van der Waals surface area (Å²) in [6.45, 7) is 4.10. The van der Waals surface area contributed by atoms with E-state index < -0.39 is 0 Å². The van der Waals surface area contributed by atoms with Crippen molar-refractivity contribution in [3.8, 4) is 11.5 Å². The lowest BCUT2D eigenvalue weighted by Gasteiger charge is -2.20. The summed E-state index contributed by atoms with van der Waals surface area (Å²) in [7, 11) is 0. The Morgan fingerprint density at radius 1 is 1.19 bits per heavy atom. The van der Waals surface area contributed by atoms with Crippen molar-refractivity contribution in [1.82, 2.24) is 5.32 Å². The van der Waals surface area contributed by atoms with Crippen molar-refractivity contribution in [2.24, 2.45) is 0 Å². The van der Waals surface area contributed by atoms with Gasteiger partial charge in [-0.05, 0) is 24.6 Å². The van der Waals surface area contributed by atoms with Crippen LogP contribution in [0.1, 0.15) is 18.7 Å². The first kappa shape index (κ1) is 9.93. The lowest BCUT2D eigenvalue weighted by Crippen LogP contribution is -2.22. The Balaban J connectivity index is 1.85. The molecule has 0 bridgehead atoms. The van der Waals surface area contributed by atoms with Crippen LogP contribution in [0.2, 0.25) is 0 Å². The molecule has 2 aliphatic rings. The van der Waals surface area contributed by atoms with Crippen molar-refractivity contribution in [3.05, 3.63) is 23.8 Å². The van der Waals surface area contributed by atoms with Gasteiger partial charge in [-0.1, -0.05) is 6.07 Å². The summed E-state index contributed by atoms with van der Waals surface area (Å²) in [5.74, 6) is 1.63. The van der Waals surface area contributed by atoms with Gasteiger partial charge < -0.3 is 14.2 Å². The predicted octanol–water partition coefficient (Wildman–Crippen LogP) is 1.46. The summed E-state index contributed by atoms with van der Waals surface area (Å²) in [6.07, 6.45) is -0.0224. The maximum Gasteiger partial charge on any atom is 0.161 e. The molecular weight excluding hydrogens is 206 g/mol. The van der Waals surface area contributed by atoms with Gasteiger partial charge in [0.25, 0.3) is 0 Å². The highest BCUT2D eigenvalue weighted by Gasteiger charge is 2.24. The monoisotopic (exact) mass is 221 g/mol. The normalized spacial score (nSPS) is 28.1. The van der Waals surface area contributed by atoms with Crippen LogP contribution < -0.4 is 14.8 Å².